The maximum Gasteiger partial charge on any atom is 0.228 e. The number of carbonyl (C=O) groups is 2. The van der Waals surface area contributed by atoms with Crippen LogP contribution < -0.4 is 0 Å². The summed E-state index contributed by atoms with van der Waals surface area (Å²) in [5.41, 5.74) is 5.08. The average Bonchev–Trinajstić information content (AvgIpc) is 3.04. The van der Waals surface area contributed by atoms with Crippen molar-refractivity contribution in [3.63, 3.8) is 0 Å². The van der Waals surface area contributed by atoms with Crippen LogP contribution in [0.3, 0.4) is 0 Å². The van der Waals surface area contributed by atoms with Gasteiger partial charge in [-0.25, -0.2) is 0 Å². The molecule has 5 rings (SSSR count). The van der Waals surface area contributed by atoms with E-state index in [-0.39, 0.29) is 17.7 Å². The van der Waals surface area contributed by atoms with E-state index in [1.54, 1.807) is 11.1 Å². The van der Waals surface area contributed by atoms with E-state index >= 15 is 0 Å². The third kappa shape index (κ3) is 1.34. The minimum absolute atomic E-state index is 0.0372. The van der Waals surface area contributed by atoms with E-state index in [0.29, 0.717) is 12.0 Å². The highest BCUT2D eigenvalue weighted by Crippen LogP contribution is 2.43. The van der Waals surface area contributed by atoms with E-state index in [1.807, 2.05) is 36.5 Å². The Bertz CT molecular complexity index is 898. The molecule has 1 atom stereocenters. The van der Waals surface area contributed by atoms with Crippen molar-refractivity contribution in [2.24, 2.45) is 0 Å². The number of carbonyl (C=O) groups excluding carboxylic acids is 2. The van der Waals surface area contributed by atoms with Gasteiger partial charge in [-0.15, -0.1) is 0 Å². The Kier molecular flexibility index (Phi) is 2.11. The standard InChI is InChI=1S/C18H12N2O2/c21-15-8-11-7-10(9-20(11)15)17-16-13(5-6-19-17)12-3-1-2-4-14(12)18(16)22/h1-6,9,11H,7-8H2/t11-/m1/s1. The molecule has 0 saturated carbocycles. The van der Waals surface area contributed by atoms with Gasteiger partial charge in [-0.2, -0.15) is 0 Å². The minimum atomic E-state index is 0.0372. The largest absolute Gasteiger partial charge is 0.315 e. The fourth-order valence-electron chi connectivity index (χ4n) is 3.69. The zero-order chi connectivity index (χ0) is 14.8. The lowest BCUT2D eigenvalue weighted by Gasteiger charge is -2.32. The van der Waals surface area contributed by atoms with Gasteiger partial charge in [0, 0.05) is 30.4 Å². The molecule has 22 heavy (non-hydrogen) atoms. The van der Waals surface area contributed by atoms with Crippen LogP contribution in [0.4, 0.5) is 0 Å². The lowest BCUT2D eigenvalue weighted by Crippen LogP contribution is -2.45. The van der Waals surface area contributed by atoms with Crippen LogP contribution in [0, 0.1) is 0 Å². The molecule has 4 heteroatoms. The van der Waals surface area contributed by atoms with Crippen LogP contribution in [-0.4, -0.2) is 27.6 Å². The first-order chi connectivity index (χ1) is 10.7. The second kappa shape index (κ2) is 3.91. The summed E-state index contributed by atoms with van der Waals surface area (Å²) in [6, 6.07) is 9.83. The Labute approximate surface area is 127 Å². The maximum absolute atomic E-state index is 12.8. The van der Waals surface area contributed by atoms with Crippen LogP contribution in [-0.2, 0) is 4.79 Å². The summed E-state index contributed by atoms with van der Waals surface area (Å²) >= 11 is 0. The number of benzene rings is 1. The van der Waals surface area contributed by atoms with Crippen LogP contribution >= 0.6 is 0 Å². The minimum Gasteiger partial charge on any atom is -0.315 e. The van der Waals surface area contributed by atoms with E-state index in [9.17, 15) is 9.59 Å². The summed E-state index contributed by atoms with van der Waals surface area (Å²) in [5.74, 6) is 0.192. The predicted octanol–water partition coefficient (Wildman–Crippen LogP) is 2.64. The molecule has 1 saturated heterocycles. The zero-order valence-electron chi connectivity index (χ0n) is 11.7. The van der Waals surface area contributed by atoms with Crippen LogP contribution in [0.5, 0.6) is 0 Å². The van der Waals surface area contributed by atoms with E-state index < -0.39 is 0 Å². The molecule has 0 unspecified atom stereocenters. The van der Waals surface area contributed by atoms with E-state index in [4.69, 9.17) is 0 Å². The van der Waals surface area contributed by atoms with Crippen molar-refractivity contribution in [3.8, 4) is 11.1 Å². The van der Waals surface area contributed by atoms with Crippen LogP contribution in [0.1, 0.15) is 34.5 Å². The molecule has 0 spiro atoms. The van der Waals surface area contributed by atoms with Gasteiger partial charge in [-0.1, -0.05) is 24.3 Å². The summed E-state index contributed by atoms with van der Waals surface area (Å²) in [4.78, 5) is 30.5. The van der Waals surface area contributed by atoms with Gasteiger partial charge in [0.2, 0.25) is 5.91 Å². The number of hydrogen-bond acceptors (Lipinski definition) is 3. The molecule has 0 N–H and O–H groups in total. The maximum atomic E-state index is 12.8. The molecular formula is C18H12N2O2. The van der Waals surface area contributed by atoms with Gasteiger partial charge in [-0.3, -0.25) is 14.6 Å². The first-order valence-electron chi connectivity index (χ1n) is 7.39. The van der Waals surface area contributed by atoms with Gasteiger partial charge in [-0.05, 0) is 29.2 Å². The first kappa shape index (κ1) is 11.9. The smallest absolute Gasteiger partial charge is 0.228 e. The molecule has 0 bridgehead atoms. The molecule has 3 heterocycles. The van der Waals surface area contributed by atoms with Crippen molar-refractivity contribution >= 4 is 17.3 Å². The van der Waals surface area contributed by atoms with E-state index in [1.165, 1.54) is 0 Å². The number of amides is 1. The highest BCUT2D eigenvalue weighted by molar-refractivity contribution is 6.23. The van der Waals surface area contributed by atoms with E-state index in [2.05, 4.69) is 4.98 Å². The molecule has 106 valence electrons. The highest BCUT2D eigenvalue weighted by atomic mass is 16.2. The molecule has 0 radical (unpaired) electrons. The number of β-lactam (4-membered cyclic amide) rings is 1. The predicted molar refractivity (Wildman–Crippen MR) is 81.0 cm³/mol. The zero-order valence-corrected chi connectivity index (χ0v) is 11.7. The van der Waals surface area contributed by atoms with Crippen LogP contribution in [0.2, 0.25) is 0 Å². The second-order valence-corrected chi connectivity index (χ2v) is 5.97. The third-order valence-electron chi connectivity index (χ3n) is 4.79. The van der Waals surface area contributed by atoms with Gasteiger partial charge in [0.25, 0.3) is 0 Å². The molecule has 3 aliphatic rings. The molecule has 4 nitrogen and oxygen atoms in total. The van der Waals surface area contributed by atoms with Crippen molar-refractivity contribution in [3.05, 3.63) is 59.5 Å². The molecule has 1 aromatic heterocycles. The first-order valence-corrected chi connectivity index (χ1v) is 7.39. The molecule has 1 amide bonds. The summed E-state index contributed by atoms with van der Waals surface area (Å²) in [6.45, 7) is 0. The van der Waals surface area contributed by atoms with Crippen LogP contribution in [0.15, 0.2) is 42.7 Å². The second-order valence-electron chi connectivity index (χ2n) is 5.97. The number of rotatable bonds is 1. The Morgan fingerprint density at radius 3 is 2.59 bits per heavy atom. The van der Waals surface area contributed by atoms with Gasteiger partial charge >= 0.3 is 0 Å². The fraction of sp³-hybridized carbons (Fsp3) is 0.167. The Hall–Kier alpha value is -2.75. The summed E-state index contributed by atoms with van der Waals surface area (Å²) in [6.07, 6.45) is 5.01. The normalized spacial score (nSPS) is 21.2. The topological polar surface area (TPSA) is 50.3 Å². The monoisotopic (exact) mass is 288 g/mol. The number of pyridine rings is 1. The average molecular weight is 288 g/mol. The molecule has 2 aliphatic heterocycles. The summed E-state index contributed by atoms with van der Waals surface area (Å²) in [7, 11) is 0. The third-order valence-corrected chi connectivity index (χ3v) is 4.79. The SMILES string of the molecule is O=C1c2ccccc2-c2ccnc(C3=CN4C(=O)C[C@H]4C3)c21. The van der Waals surface area contributed by atoms with Gasteiger partial charge < -0.3 is 4.90 Å². The van der Waals surface area contributed by atoms with E-state index in [0.717, 1.165) is 34.4 Å². The summed E-state index contributed by atoms with van der Waals surface area (Å²) < 4.78 is 0. The molecular weight excluding hydrogens is 276 g/mol. The quantitative estimate of drug-likeness (QED) is 0.647. The Morgan fingerprint density at radius 1 is 1.00 bits per heavy atom. The number of hydrogen-bond donors (Lipinski definition) is 0. The van der Waals surface area contributed by atoms with Crippen molar-refractivity contribution in [2.45, 2.75) is 18.9 Å². The molecule has 1 aromatic carbocycles. The van der Waals surface area contributed by atoms with Gasteiger partial charge in [0.15, 0.2) is 5.78 Å². The number of ketones is 1. The number of fused-ring (bicyclic) bond motifs is 4. The number of aromatic nitrogens is 1. The molecule has 1 fully saturated rings. The summed E-state index contributed by atoms with van der Waals surface area (Å²) in [5, 5.41) is 0. The number of nitrogens with zero attached hydrogens (tertiary/aromatic N) is 2. The van der Waals surface area contributed by atoms with Crippen molar-refractivity contribution in [2.75, 3.05) is 0 Å². The molecule has 2 aromatic rings. The lowest BCUT2D eigenvalue weighted by molar-refractivity contribution is -0.140. The Morgan fingerprint density at radius 2 is 1.82 bits per heavy atom. The van der Waals surface area contributed by atoms with Crippen molar-refractivity contribution < 1.29 is 9.59 Å². The van der Waals surface area contributed by atoms with Gasteiger partial charge in [0.05, 0.1) is 11.3 Å². The fourth-order valence-corrected chi connectivity index (χ4v) is 3.69. The lowest BCUT2D eigenvalue weighted by atomic mass is 9.96. The highest BCUT2D eigenvalue weighted by Gasteiger charge is 2.41. The van der Waals surface area contributed by atoms with Crippen molar-refractivity contribution in [1.82, 2.24) is 9.88 Å². The molecule has 1 aliphatic carbocycles. The Balaban J connectivity index is 1.69. The van der Waals surface area contributed by atoms with Crippen molar-refractivity contribution in [1.29, 1.82) is 0 Å². The van der Waals surface area contributed by atoms with Gasteiger partial charge in [0.1, 0.15) is 0 Å². The van der Waals surface area contributed by atoms with Crippen LogP contribution in [0.25, 0.3) is 16.7 Å².